The Balaban J connectivity index is 2.08. The lowest BCUT2D eigenvalue weighted by Crippen LogP contribution is -2.35. The monoisotopic (exact) mass is 348 g/mol. The van der Waals surface area contributed by atoms with Crippen molar-refractivity contribution in [2.75, 3.05) is 5.32 Å². The number of alkyl halides is 3. The third kappa shape index (κ3) is 4.15. The fourth-order valence-corrected chi connectivity index (χ4v) is 2.53. The highest BCUT2D eigenvalue weighted by Crippen LogP contribution is 2.30. The molecule has 1 unspecified atom stereocenters. The first kappa shape index (κ1) is 17.1. The molecular formula is C13H13F3N3O3S+. The summed E-state index contributed by atoms with van der Waals surface area (Å²) < 4.78 is 43.8. The van der Waals surface area contributed by atoms with Crippen LogP contribution in [0, 0.1) is 0 Å². The summed E-state index contributed by atoms with van der Waals surface area (Å²) in [4.78, 5) is 23.5. The van der Waals surface area contributed by atoms with E-state index in [1.807, 2.05) is 0 Å². The van der Waals surface area contributed by atoms with Gasteiger partial charge in [-0.2, -0.15) is 13.2 Å². The highest BCUT2D eigenvalue weighted by molar-refractivity contribution is 8.00. The van der Waals surface area contributed by atoms with Gasteiger partial charge in [0.25, 0.3) is 0 Å². The third-order valence-electron chi connectivity index (χ3n) is 2.87. The first-order chi connectivity index (χ1) is 10.7. The average molecular weight is 348 g/mol. The lowest BCUT2D eigenvalue weighted by atomic mass is 10.2. The molecule has 2 aromatic rings. The number of hydrogen-bond donors (Lipinski definition) is 2. The third-order valence-corrected chi connectivity index (χ3v) is 4.10. The highest BCUT2D eigenvalue weighted by atomic mass is 32.2. The van der Waals surface area contributed by atoms with Crippen LogP contribution in [-0.4, -0.2) is 16.4 Å². The van der Waals surface area contributed by atoms with Gasteiger partial charge in [0.15, 0.2) is 7.05 Å². The quantitative estimate of drug-likeness (QED) is 0.654. The zero-order valence-electron chi connectivity index (χ0n) is 12.1. The van der Waals surface area contributed by atoms with E-state index < -0.39 is 28.5 Å². The summed E-state index contributed by atoms with van der Waals surface area (Å²) in [6.45, 7) is 1.53. The second-order valence-corrected chi connectivity index (χ2v) is 6.00. The number of nitrogens with zero attached hydrogens (tertiary/aromatic N) is 1. The van der Waals surface area contributed by atoms with E-state index in [1.165, 1.54) is 30.8 Å². The van der Waals surface area contributed by atoms with Gasteiger partial charge in [-0.15, -0.1) is 0 Å². The molecule has 6 nitrogen and oxygen atoms in total. The lowest BCUT2D eigenvalue weighted by molar-refractivity contribution is -0.772. The second-order valence-electron chi connectivity index (χ2n) is 4.67. The Morgan fingerprint density at radius 1 is 1.43 bits per heavy atom. The van der Waals surface area contributed by atoms with Crippen LogP contribution >= 0.6 is 11.8 Å². The Labute approximate surface area is 132 Å². The van der Waals surface area contributed by atoms with Gasteiger partial charge in [0.1, 0.15) is 0 Å². The Morgan fingerprint density at radius 2 is 2.13 bits per heavy atom. The van der Waals surface area contributed by atoms with Crippen LogP contribution in [0.5, 0.6) is 0 Å². The maximum absolute atomic E-state index is 12.6. The number of halogens is 3. The van der Waals surface area contributed by atoms with Crippen molar-refractivity contribution < 1.29 is 27.2 Å². The van der Waals surface area contributed by atoms with Crippen molar-refractivity contribution in [1.82, 2.24) is 5.27 Å². The fourth-order valence-electron chi connectivity index (χ4n) is 1.70. The first-order valence-electron chi connectivity index (χ1n) is 6.41. The van der Waals surface area contributed by atoms with Gasteiger partial charge < -0.3 is 5.32 Å². The highest BCUT2D eigenvalue weighted by Gasteiger charge is 2.31. The van der Waals surface area contributed by atoms with E-state index in [4.69, 9.17) is 0 Å². The maximum Gasteiger partial charge on any atom is 0.441 e. The predicted octanol–water partition coefficient (Wildman–Crippen LogP) is 1.93. The van der Waals surface area contributed by atoms with Crippen molar-refractivity contribution in [1.29, 1.82) is 0 Å². The normalized spacial score (nSPS) is 12.9. The molecule has 23 heavy (non-hydrogen) atoms. The maximum atomic E-state index is 12.6. The molecule has 124 valence electrons. The van der Waals surface area contributed by atoms with Gasteiger partial charge in [-0.3, -0.25) is 9.32 Å². The largest absolute Gasteiger partial charge is 0.441 e. The molecule has 0 spiro atoms. The molecule has 0 bridgehead atoms. The minimum absolute atomic E-state index is 0.0303. The summed E-state index contributed by atoms with van der Waals surface area (Å²) in [6, 6.07) is 4.32. The van der Waals surface area contributed by atoms with Gasteiger partial charge in [0, 0.05) is 5.69 Å². The number of aryl methyl sites for hydroxylation is 1. The van der Waals surface area contributed by atoms with Gasteiger partial charge in [-0.05, 0) is 42.2 Å². The molecule has 1 aromatic heterocycles. The summed E-state index contributed by atoms with van der Waals surface area (Å²) in [7, 11) is 1.53. The molecule has 1 aromatic carbocycles. The molecule has 10 heteroatoms. The Morgan fingerprint density at radius 3 is 2.70 bits per heavy atom. The molecule has 0 aliphatic heterocycles. The summed E-state index contributed by atoms with van der Waals surface area (Å²) in [6.07, 6.45) is -4.49. The Hall–Kier alpha value is -2.23. The second kappa shape index (κ2) is 6.49. The van der Waals surface area contributed by atoms with Crippen molar-refractivity contribution in [3.05, 3.63) is 40.2 Å². The molecule has 1 amide bonds. The molecule has 2 rings (SSSR count). The number of anilines is 1. The standard InChI is InChI=1S/C13H12F3N3O3S/c1-7(23-11-12(21)22-18-19(11)2)10(20)17-9-5-3-4-8(6-9)13(14,15)16/h3-7H,1-2H3,(H-,17,18,20,21)/p+1. The number of amides is 1. The van der Waals surface area contributed by atoms with Crippen LogP contribution in [0.2, 0.25) is 0 Å². The van der Waals surface area contributed by atoms with Crippen LogP contribution in [0.25, 0.3) is 0 Å². The lowest BCUT2D eigenvalue weighted by Gasteiger charge is -2.11. The SMILES string of the molecule is CC(Sc1c(=O)o[nH][n+]1C)C(=O)Nc1cccc(C(F)(F)F)c1. The number of carbonyl (C=O) groups excluding carboxylic acids is 1. The molecule has 1 atom stereocenters. The number of hydrogen-bond acceptors (Lipinski definition) is 4. The van der Waals surface area contributed by atoms with E-state index in [-0.39, 0.29) is 10.7 Å². The van der Waals surface area contributed by atoms with Gasteiger partial charge in [-0.25, -0.2) is 4.79 Å². The van der Waals surface area contributed by atoms with Gasteiger partial charge in [-0.1, -0.05) is 10.7 Å². The van der Waals surface area contributed by atoms with E-state index in [2.05, 4.69) is 15.1 Å². The number of carbonyl (C=O) groups is 1. The molecule has 0 aliphatic rings. The molecule has 0 radical (unpaired) electrons. The van der Waals surface area contributed by atoms with E-state index in [0.29, 0.717) is 0 Å². The molecule has 0 saturated heterocycles. The minimum atomic E-state index is -4.49. The summed E-state index contributed by atoms with van der Waals surface area (Å²) >= 11 is 0.932. The number of thioether (sulfide) groups is 1. The Kier molecular flexibility index (Phi) is 4.83. The smallest absolute Gasteiger partial charge is 0.325 e. The summed E-state index contributed by atoms with van der Waals surface area (Å²) in [5, 5.41) is 4.16. The van der Waals surface area contributed by atoms with E-state index in [1.54, 1.807) is 0 Å². The fraction of sp³-hybridized carbons (Fsp3) is 0.308. The number of aromatic nitrogens is 2. The number of nitrogens with one attached hydrogen (secondary N) is 2. The van der Waals surface area contributed by atoms with Crippen molar-refractivity contribution in [2.45, 2.75) is 23.4 Å². The topological polar surface area (TPSA) is 79.0 Å². The molecule has 2 N–H and O–H groups in total. The van der Waals surface area contributed by atoms with Crippen LogP contribution < -0.4 is 15.6 Å². The molecular weight excluding hydrogens is 335 g/mol. The van der Waals surface area contributed by atoms with Crippen LogP contribution in [0.3, 0.4) is 0 Å². The van der Waals surface area contributed by atoms with E-state index >= 15 is 0 Å². The number of H-pyrrole nitrogens is 1. The summed E-state index contributed by atoms with van der Waals surface area (Å²) in [5.74, 6) is -0.532. The van der Waals surface area contributed by atoms with Crippen LogP contribution in [0.15, 0.2) is 38.6 Å². The van der Waals surface area contributed by atoms with Gasteiger partial charge >= 0.3 is 16.8 Å². The van der Waals surface area contributed by atoms with Crippen LogP contribution in [0.1, 0.15) is 12.5 Å². The van der Waals surface area contributed by atoms with Crippen molar-refractivity contribution in [3.63, 3.8) is 0 Å². The number of aromatic amines is 1. The summed E-state index contributed by atoms with van der Waals surface area (Å²) in [5.41, 5.74) is -1.45. The first-order valence-corrected chi connectivity index (χ1v) is 7.28. The van der Waals surface area contributed by atoms with Crippen molar-refractivity contribution in [3.8, 4) is 0 Å². The molecule has 0 aliphatic carbocycles. The van der Waals surface area contributed by atoms with Crippen molar-refractivity contribution >= 4 is 23.4 Å². The number of benzene rings is 1. The minimum Gasteiger partial charge on any atom is -0.325 e. The zero-order valence-corrected chi connectivity index (χ0v) is 12.9. The van der Waals surface area contributed by atoms with Crippen LogP contribution in [-0.2, 0) is 18.0 Å². The average Bonchev–Trinajstić information content (AvgIpc) is 2.78. The van der Waals surface area contributed by atoms with Crippen LogP contribution in [0.4, 0.5) is 18.9 Å². The van der Waals surface area contributed by atoms with E-state index in [0.717, 1.165) is 23.9 Å². The zero-order chi connectivity index (χ0) is 17.2. The molecule has 0 fully saturated rings. The number of rotatable bonds is 4. The van der Waals surface area contributed by atoms with Gasteiger partial charge in [0.2, 0.25) is 5.91 Å². The predicted molar refractivity (Wildman–Crippen MR) is 75.9 cm³/mol. The van der Waals surface area contributed by atoms with E-state index in [9.17, 15) is 22.8 Å². The van der Waals surface area contributed by atoms with Crippen molar-refractivity contribution in [2.24, 2.45) is 7.05 Å². The molecule has 1 heterocycles. The Bertz CT molecular complexity index is 770. The van der Waals surface area contributed by atoms with Gasteiger partial charge in [0.05, 0.1) is 10.8 Å². The molecule has 0 saturated carbocycles.